The summed E-state index contributed by atoms with van der Waals surface area (Å²) in [5.74, 6) is 0.432. The number of nitrogens with one attached hydrogen (secondary N) is 2. The third kappa shape index (κ3) is 3.75. The summed E-state index contributed by atoms with van der Waals surface area (Å²) >= 11 is 11.8. The Morgan fingerprint density at radius 1 is 1.20 bits per heavy atom. The molecule has 2 aromatic carbocycles. The van der Waals surface area contributed by atoms with Gasteiger partial charge in [-0.3, -0.25) is 15.6 Å². The second-order valence-corrected chi connectivity index (χ2v) is 6.08. The molecule has 1 aliphatic rings. The maximum atomic E-state index is 12.2. The van der Waals surface area contributed by atoms with E-state index in [0.717, 1.165) is 0 Å². The number of amides is 1. The van der Waals surface area contributed by atoms with Crippen molar-refractivity contribution in [1.29, 1.82) is 0 Å². The van der Waals surface area contributed by atoms with E-state index >= 15 is 0 Å². The number of carbonyl (C=O) groups excluding carboxylic acids is 1. The fourth-order valence-electron chi connectivity index (χ4n) is 2.23. The molecular formula is C17H14Cl2N2O4. The summed E-state index contributed by atoms with van der Waals surface area (Å²) in [6, 6.07) is 9.95. The number of ether oxygens (including phenoxy) is 2. The number of fused-ring (bicyclic) bond motifs is 1. The van der Waals surface area contributed by atoms with Gasteiger partial charge in [0.05, 0.1) is 10.7 Å². The molecule has 0 fully saturated rings. The summed E-state index contributed by atoms with van der Waals surface area (Å²) in [7, 11) is 0. The molecule has 0 bridgehead atoms. The van der Waals surface area contributed by atoms with Gasteiger partial charge in [0.15, 0.2) is 11.5 Å². The van der Waals surface area contributed by atoms with Crippen molar-refractivity contribution in [3.8, 4) is 17.2 Å². The first-order valence-corrected chi connectivity index (χ1v) is 8.03. The zero-order chi connectivity index (χ0) is 18.0. The summed E-state index contributed by atoms with van der Waals surface area (Å²) < 4.78 is 11.1. The van der Waals surface area contributed by atoms with Crippen molar-refractivity contribution in [3.63, 3.8) is 0 Å². The van der Waals surface area contributed by atoms with Crippen LogP contribution in [0.2, 0.25) is 10.0 Å². The lowest BCUT2D eigenvalue weighted by molar-refractivity contribution is -0.131. The molecule has 1 atom stereocenters. The Kier molecular flexibility index (Phi) is 4.92. The third-order valence-electron chi connectivity index (χ3n) is 3.49. The average Bonchev–Trinajstić information content (AvgIpc) is 2.62. The number of hydrogen-bond acceptors (Lipinski definition) is 5. The number of aromatic hydroxyl groups is 1. The van der Waals surface area contributed by atoms with Crippen LogP contribution >= 0.6 is 23.2 Å². The number of phenolic OH excluding ortho intramolecular Hbond substituents is 1. The van der Waals surface area contributed by atoms with E-state index in [2.05, 4.69) is 17.4 Å². The van der Waals surface area contributed by atoms with Gasteiger partial charge in [0, 0.05) is 10.6 Å². The van der Waals surface area contributed by atoms with Crippen LogP contribution in [0.15, 0.2) is 43.0 Å². The van der Waals surface area contributed by atoms with Crippen LogP contribution in [-0.2, 0) is 4.79 Å². The number of carbonyl (C=O) groups is 1. The first-order valence-electron chi connectivity index (χ1n) is 7.27. The summed E-state index contributed by atoms with van der Waals surface area (Å²) in [6.07, 6.45) is -0.827. The molecule has 0 spiro atoms. The van der Waals surface area contributed by atoms with Crippen molar-refractivity contribution < 1.29 is 19.4 Å². The van der Waals surface area contributed by atoms with Crippen LogP contribution in [0.5, 0.6) is 17.2 Å². The molecule has 0 unspecified atom stereocenters. The predicted octanol–water partition coefficient (Wildman–Crippen LogP) is 3.13. The Morgan fingerprint density at radius 3 is 2.68 bits per heavy atom. The Morgan fingerprint density at radius 2 is 1.92 bits per heavy atom. The number of phenols is 1. The first-order chi connectivity index (χ1) is 12.0. The van der Waals surface area contributed by atoms with Crippen molar-refractivity contribution in [1.82, 2.24) is 10.9 Å². The normalized spacial score (nSPS) is 15.4. The zero-order valence-corrected chi connectivity index (χ0v) is 14.4. The SMILES string of the molecule is C=C(NNC(=O)[C@H]1COc2ccccc2O1)c1cc(Cl)cc(Cl)c1O. The minimum Gasteiger partial charge on any atom is -0.506 e. The van der Waals surface area contributed by atoms with Crippen LogP contribution in [0.1, 0.15) is 5.56 Å². The van der Waals surface area contributed by atoms with Crippen LogP contribution in [0.4, 0.5) is 0 Å². The number of hydrazine groups is 1. The molecule has 0 radical (unpaired) electrons. The Bertz CT molecular complexity index is 841. The molecule has 6 nitrogen and oxygen atoms in total. The van der Waals surface area contributed by atoms with Gasteiger partial charge in [-0.15, -0.1) is 0 Å². The topological polar surface area (TPSA) is 79.8 Å². The van der Waals surface area contributed by atoms with Crippen LogP contribution in [-0.4, -0.2) is 23.7 Å². The third-order valence-corrected chi connectivity index (χ3v) is 4.00. The summed E-state index contributed by atoms with van der Waals surface area (Å²) in [6.45, 7) is 3.82. The average molecular weight is 381 g/mol. The molecule has 0 aromatic heterocycles. The van der Waals surface area contributed by atoms with Crippen molar-refractivity contribution in [2.45, 2.75) is 6.10 Å². The summed E-state index contributed by atoms with van der Waals surface area (Å²) in [4.78, 5) is 12.2. The van der Waals surface area contributed by atoms with Gasteiger partial charge in [-0.05, 0) is 24.3 Å². The van der Waals surface area contributed by atoms with Gasteiger partial charge in [-0.2, -0.15) is 0 Å². The largest absolute Gasteiger partial charge is 0.506 e. The fraction of sp³-hybridized carbons (Fsp3) is 0.118. The second-order valence-electron chi connectivity index (χ2n) is 5.24. The van der Waals surface area contributed by atoms with Crippen molar-refractivity contribution in [3.05, 3.63) is 58.6 Å². The lowest BCUT2D eigenvalue weighted by Gasteiger charge is -2.26. The smallest absolute Gasteiger partial charge is 0.282 e. The van der Waals surface area contributed by atoms with E-state index in [1.165, 1.54) is 12.1 Å². The highest BCUT2D eigenvalue weighted by atomic mass is 35.5. The molecule has 25 heavy (non-hydrogen) atoms. The molecule has 2 aromatic rings. The number of halogens is 2. The molecule has 0 saturated heterocycles. The molecule has 0 aliphatic carbocycles. The van der Waals surface area contributed by atoms with E-state index in [1.807, 2.05) is 6.07 Å². The highest BCUT2D eigenvalue weighted by Gasteiger charge is 2.27. The molecule has 3 N–H and O–H groups in total. The van der Waals surface area contributed by atoms with E-state index in [9.17, 15) is 9.90 Å². The fourth-order valence-corrected chi connectivity index (χ4v) is 2.72. The van der Waals surface area contributed by atoms with Gasteiger partial charge in [0.2, 0.25) is 6.10 Å². The minimum absolute atomic E-state index is 0.0746. The van der Waals surface area contributed by atoms with E-state index in [4.69, 9.17) is 32.7 Å². The van der Waals surface area contributed by atoms with Gasteiger partial charge in [0.25, 0.3) is 5.91 Å². The maximum Gasteiger partial charge on any atom is 0.282 e. The Balaban J connectivity index is 1.62. The minimum atomic E-state index is -0.827. The lowest BCUT2D eigenvalue weighted by Crippen LogP contribution is -2.48. The zero-order valence-electron chi connectivity index (χ0n) is 12.9. The molecule has 1 heterocycles. The van der Waals surface area contributed by atoms with E-state index in [-0.39, 0.29) is 28.6 Å². The predicted molar refractivity (Wildman–Crippen MR) is 94.8 cm³/mol. The van der Waals surface area contributed by atoms with Gasteiger partial charge < -0.3 is 14.6 Å². The van der Waals surface area contributed by atoms with Crippen molar-refractivity contribution in [2.24, 2.45) is 0 Å². The van der Waals surface area contributed by atoms with Crippen molar-refractivity contribution >= 4 is 34.8 Å². The molecule has 3 rings (SSSR count). The molecular weight excluding hydrogens is 367 g/mol. The van der Waals surface area contributed by atoms with E-state index in [0.29, 0.717) is 16.5 Å². The number of hydrogen-bond donors (Lipinski definition) is 3. The molecule has 0 saturated carbocycles. The summed E-state index contributed by atoms with van der Waals surface area (Å²) in [5.41, 5.74) is 5.55. The molecule has 1 aliphatic heterocycles. The Hall–Kier alpha value is -2.57. The highest BCUT2D eigenvalue weighted by molar-refractivity contribution is 6.35. The van der Waals surface area contributed by atoms with E-state index < -0.39 is 12.0 Å². The second kappa shape index (κ2) is 7.13. The van der Waals surface area contributed by atoms with Gasteiger partial charge in [0.1, 0.15) is 12.4 Å². The van der Waals surface area contributed by atoms with Gasteiger partial charge >= 0.3 is 0 Å². The number of benzene rings is 2. The first kappa shape index (κ1) is 17.3. The molecule has 1 amide bonds. The quantitative estimate of drug-likeness (QED) is 0.710. The lowest BCUT2D eigenvalue weighted by atomic mass is 10.1. The van der Waals surface area contributed by atoms with E-state index in [1.54, 1.807) is 18.2 Å². The van der Waals surface area contributed by atoms with Crippen LogP contribution in [0, 0.1) is 0 Å². The van der Waals surface area contributed by atoms with Crippen molar-refractivity contribution in [2.75, 3.05) is 6.61 Å². The summed E-state index contributed by atoms with van der Waals surface area (Å²) in [5, 5.41) is 10.4. The van der Waals surface area contributed by atoms with Gasteiger partial charge in [-0.25, -0.2) is 0 Å². The molecule has 8 heteroatoms. The monoisotopic (exact) mass is 380 g/mol. The van der Waals surface area contributed by atoms with Gasteiger partial charge in [-0.1, -0.05) is 41.9 Å². The highest BCUT2D eigenvalue weighted by Crippen LogP contribution is 2.34. The van der Waals surface area contributed by atoms with Crippen LogP contribution in [0.25, 0.3) is 5.70 Å². The Labute approximate surface area is 153 Å². The number of rotatable bonds is 4. The van der Waals surface area contributed by atoms with Crippen LogP contribution in [0.3, 0.4) is 0 Å². The standard InChI is InChI=1S/C17H14Cl2N2O4/c1-9(11-6-10(18)7-12(19)16(11)22)20-21-17(23)15-8-24-13-4-2-3-5-14(13)25-15/h2-7,15,20,22H,1,8H2,(H,21,23)/t15-/m1/s1. The van der Waals surface area contributed by atoms with Crippen LogP contribution < -0.4 is 20.3 Å². The number of para-hydroxylation sites is 2. The maximum absolute atomic E-state index is 12.2. The molecule has 130 valence electrons.